The summed E-state index contributed by atoms with van der Waals surface area (Å²) in [7, 11) is 3.74. The van der Waals surface area contributed by atoms with Gasteiger partial charge in [0, 0.05) is 16.1 Å². The molecule has 0 saturated heterocycles. The number of halogens is 1. The van der Waals surface area contributed by atoms with Crippen molar-refractivity contribution in [2.24, 2.45) is 0 Å². The Morgan fingerprint density at radius 2 is 2.00 bits per heavy atom. The van der Waals surface area contributed by atoms with Crippen molar-refractivity contribution < 1.29 is 9.47 Å². The average molecular weight is 328 g/mol. The lowest BCUT2D eigenvalue weighted by atomic mass is 9.93. The van der Waals surface area contributed by atoms with Gasteiger partial charge in [0.25, 0.3) is 0 Å². The van der Waals surface area contributed by atoms with Gasteiger partial charge in [0.05, 0.1) is 19.8 Å². The third-order valence-corrected chi connectivity index (χ3v) is 4.29. The molecule has 1 saturated carbocycles. The number of benzene rings is 1. The van der Waals surface area contributed by atoms with Crippen LogP contribution in [0.4, 0.5) is 0 Å². The minimum atomic E-state index is 0.383. The second kappa shape index (κ2) is 7.27. The standard InChI is InChI=1S/C15H22BrNO2/c1-17-13-4-6-14(7-5-13)19-10-11-9-12(16)3-8-15(11)18-2/h3,8-9,13-14,17H,4-7,10H2,1-2H3. The molecule has 0 heterocycles. The molecule has 0 unspecified atom stereocenters. The summed E-state index contributed by atoms with van der Waals surface area (Å²) in [6, 6.07) is 6.69. The SMILES string of the molecule is CNC1CCC(OCc2cc(Br)ccc2OC)CC1. The summed E-state index contributed by atoms with van der Waals surface area (Å²) in [5.41, 5.74) is 1.10. The third-order valence-electron chi connectivity index (χ3n) is 3.80. The molecule has 4 heteroatoms. The fourth-order valence-corrected chi connectivity index (χ4v) is 2.99. The van der Waals surface area contributed by atoms with Crippen molar-refractivity contribution in [1.82, 2.24) is 5.32 Å². The van der Waals surface area contributed by atoms with Crippen LogP contribution in [0.2, 0.25) is 0 Å². The Hall–Kier alpha value is -0.580. The van der Waals surface area contributed by atoms with E-state index in [4.69, 9.17) is 9.47 Å². The Kier molecular flexibility index (Phi) is 5.67. The molecule has 1 N–H and O–H groups in total. The second-order valence-electron chi connectivity index (χ2n) is 5.03. The summed E-state index contributed by atoms with van der Waals surface area (Å²) in [4.78, 5) is 0. The molecule has 106 valence electrons. The summed E-state index contributed by atoms with van der Waals surface area (Å²) in [5, 5.41) is 3.34. The van der Waals surface area contributed by atoms with Gasteiger partial charge in [-0.25, -0.2) is 0 Å². The second-order valence-corrected chi connectivity index (χ2v) is 5.95. The van der Waals surface area contributed by atoms with Gasteiger partial charge < -0.3 is 14.8 Å². The predicted octanol–water partition coefficient (Wildman–Crippen LogP) is 3.50. The highest BCUT2D eigenvalue weighted by Gasteiger charge is 2.20. The van der Waals surface area contributed by atoms with Crippen molar-refractivity contribution in [3.8, 4) is 5.75 Å². The number of hydrogen-bond donors (Lipinski definition) is 1. The topological polar surface area (TPSA) is 30.5 Å². The first kappa shape index (κ1) is 14.8. The van der Waals surface area contributed by atoms with E-state index in [1.807, 2.05) is 19.2 Å². The van der Waals surface area contributed by atoms with E-state index in [-0.39, 0.29) is 0 Å². The Morgan fingerprint density at radius 1 is 1.26 bits per heavy atom. The number of hydrogen-bond acceptors (Lipinski definition) is 3. The summed E-state index contributed by atoms with van der Waals surface area (Å²) < 4.78 is 12.5. The average Bonchev–Trinajstić information content (AvgIpc) is 2.46. The third kappa shape index (κ3) is 4.20. The van der Waals surface area contributed by atoms with Crippen LogP contribution in [-0.4, -0.2) is 26.3 Å². The zero-order chi connectivity index (χ0) is 13.7. The molecule has 0 aliphatic heterocycles. The minimum absolute atomic E-state index is 0.383. The van der Waals surface area contributed by atoms with Crippen LogP contribution in [0.1, 0.15) is 31.2 Å². The summed E-state index contributed by atoms with van der Waals surface area (Å²) in [6.45, 7) is 0.623. The van der Waals surface area contributed by atoms with Crippen molar-refractivity contribution in [2.45, 2.75) is 44.4 Å². The lowest BCUT2D eigenvalue weighted by Crippen LogP contribution is -2.32. The van der Waals surface area contributed by atoms with Crippen molar-refractivity contribution >= 4 is 15.9 Å². The zero-order valence-corrected chi connectivity index (χ0v) is 13.2. The first-order valence-corrected chi connectivity index (χ1v) is 7.63. The van der Waals surface area contributed by atoms with Crippen molar-refractivity contribution in [1.29, 1.82) is 0 Å². The predicted molar refractivity (Wildman–Crippen MR) is 80.6 cm³/mol. The highest BCUT2D eigenvalue weighted by atomic mass is 79.9. The highest BCUT2D eigenvalue weighted by Crippen LogP contribution is 2.26. The van der Waals surface area contributed by atoms with E-state index >= 15 is 0 Å². The Morgan fingerprint density at radius 3 is 2.63 bits per heavy atom. The molecular formula is C15H22BrNO2. The molecular weight excluding hydrogens is 306 g/mol. The summed E-state index contributed by atoms with van der Waals surface area (Å²) in [6.07, 6.45) is 5.07. The monoisotopic (exact) mass is 327 g/mol. The van der Waals surface area contributed by atoms with Gasteiger partial charge in [-0.05, 0) is 50.9 Å². The molecule has 1 aromatic carbocycles. The molecule has 0 radical (unpaired) electrons. The van der Waals surface area contributed by atoms with E-state index in [9.17, 15) is 0 Å². The van der Waals surface area contributed by atoms with Crippen LogP contribution in [0.25, 0.3) is 0 Å². The summed E-state index contributed by atoms with van der Waals surface area (Å²) >= 11 is 3.49. The molecule has 19 heavy (non-hydrogen) atoms. The molecule has 0 spiro atoms. The van der Waals surface area contributed by atoms with Crippen LogP contribution in [0.3, 0.4) is 0 Å². The van der Waals surface area contributed by atoms with E-state index in [0.717, 1.165) is 28.6 Å². The van der Waals surface area contributed by atoms with Gasteiger partial charge in [-0.1, -0.05) is 15.9 Å². The van der Waals surface area contributed by atoms with Crippen LogP contribution >= 0.6 is 15.9 Å². The lowest BCUT2D eigenvalue weighted by molar-refractivity contribution is 0.0110. The van der Waals surface area contributed by atoms with E-state index in [1.54, 1.807) is 7.11 Å². The van der Waals surface area contributed by atoms with Crippen LogP contribution in [0.15, 0.2) is 22.7 Å². The van der Waals surface area contributed by atoms with E-state index in [1.165, 1.54) is 12.8 Å². The molecule has 0 bridgehead atoms. The summed E-state index contributed by atoms with van der Waals surface area (Å²) in [5.74, 6) is 0.895. The van der Waals surface area contributed by atoms with Crippen LogP contribution < -0.4 is 10.1 Å². The van der Waals surface area contributed by atoms with Gasteiger partial charge in [-0.15, -0.1) is 0 Å². The van der Waals surface area contributed by atoms with Crippen molar-refractivity contribution in [3.05, 3.63) is 28.2 Å². The molecule has 0 atom stereocenters. The Labute approximate surface area is 123 Å². The first-order chi connectivity index (χ1) is 9.22. The molecule has 3 nitrogen and oxygen atoms in total. The van der Waals surface area contributed by atoms with E-state index < -0.39 is 0 Å². The van der Waals surface area contributed by atoms with Crippen LogP contribution in [0, 0.1) is 0 Å². The van der Waals surface area contributed by atoms with Gasteiger partial charge in [-0.2, -0.15) is 0 Å². The molecule has 1 aliphatic carbocycles. The largest absolute Gasteiger partial charge is 0.496 e. The molecule has 1 aromatic rings. The van der Waals surface area contributed by atoms with E-state index in [2.05, 4.69) is 27.3 Å². The normalized spacial score (nSPS) is 23.3. The number of rotatable bonds is 5. The minimum Gasteiger partial charge on any atom is -0.496 e. The van der Waals surface area contributed by atoms with Gasteiger partial charge >= 0.3 is 0 Å². The lowest BCUT2D eigenvalue weighted by Gasteiger charge is -2.28. The number of ether oxygens (including phenoxy) is 2. The molecule has 1 aliphatic rings. The fourth-order valence-electron chi connectivity index (χ4n) is 2.59. The van der Waals surface area contributed by atoms with Gasteiger partial charge in [0.1, 0.15) is 5.75 Å². The number of nitrogens with one attached hydrogen (secondary N) is 1. The van der Waals surface area contributed by atoms with Gasteiger partial charge in [0.2, 0.25) is 0 Å². The Balaban J connectivity index is 1.87. The molecule has 0 amide bonds. The molecule has 1 fully saturated rings. The van der Waals surface area contributed by atoms with Crippen LogP contribution in [0.5, 0.6) is 5.75 Å². The van der Waals surface area contributed by atoms with Crippen molar-refractivity contribution in [3.63, 3.8) is 0 Å². The number of methoxy groups -OCH3 is 1. The maximum Gasteiger partial charge on any atom is 0.124 e. The fraction of sp³-hybridized carbons (Fsp3) is 0.600. The maximum absolute atomic E-state index is 6.03. The molecule has 2 rings (SSSR count). The smallest absolute Gasteiger partial charge is 0.124 e. The van der Waals surface area contributed by atoms with Crippen molar-refractivity contribution in [2.75, 3.05) is 14.2 Å². The first-order valence-electron chi connectivity index (χ1n) is 6.84. The van der Waals surface area contributed by atoms with Gasteiger partial charge in [-0.3, -0.25) is 0 Å². The maximum atomic E-state index is 6.03. The molecule has 0 aromatic heterocycles. The van der Waals surface area contributed by atoms with E-state index in [0.29, 0.717) is 18.8 Å². The quantitative estimate of drug-likeness (QED) is 0.897. The van der Waals surface area contributed by atoms with Crippen LogP contribution in [-0.2, 0) is 11.3 Å². The zero-order valence-electron chi connectivity index (χ0n) is 11.6. The Bertz CT molecular complexity index is 403. The van der Waals surface area contributed by atoms with Gasteiger partial charge in [0.15, 0.2) is 0 Å². The highest BCUT2D eigenvalue weighted by molar-refractivity contribution is 9.10.